The average molecular weight is 340 g/mol. The van der Waals surface area contributed by atoms with Gasteiger partial charge in [-0.05, 0) is 32.4 Å². The molecule has 1 amide bonds. The molecule has 0 spiro atoms. The van der Waals surface area contributed by atoms with Crippen molar-refractivity contribution in [1.82, 2.24) is 5.32 Å². The third kappa shape index (κ3) is 6.13. The Bertz CT molecular complexity index is 525. The van der Waals surface area contributed by atoms with Crippen LogP contribution in [0.3, 0.4) is 0 Å². The molecule has 23 heavy (non-hydrogen) atoms. The summed E-state index contributed by atoms with van der Waals surface area (Å²) in [4.78, 5) is 15.1. The van der Waals surface area contributed by atoms with Crippen LogP contribution in [0.25, 0.3) is 0 Å². The van der Waals surface area contributed by atoms with Crippen molar-refractivity contribution in [2.45, 2.75) is 39.3 Å². The summed E-state index contributed by atoms with van der Waals surface area (Å²) >= 11 is 6.05. The van der Waals surface area contributed by atoms with E-state index in [4.69, 9.17) is 11.6 Å². The number of piperazine rings is 1. The van der Waals surface area contributed by atoms with Crippen molar-refractivity contribution in [3.05, 3.63) is 34.9 Å². The molecular formula is C18H30ClN3O+2. The number of benzene rings is 1. The van der Waals surface area contributed by atoms with Gasteiger partial charge in [-0.2, -0.15) is 0 Å². The van der Waals surface area contributed by atoms with Gasteiger partial charge >= 0.3 is 0 Å². The summed E-state index contributed by atoms with van der Waals surface area (Å²) in [6.07, 6.45) is 0.950. The lowest BCUT2D eigenvalue weighted by Crippen LogP contribution is -3.28. The third-order valence-corrected chi connectivity index (χ3v) is 5.01. The van der Waals surface area contributed by atoms with Crippen LogP contribution in [-0.4, -0.2) is 44.2 Å². The van der Waals surface area contributed by atoms with Crippen LogP contribution in [0.4, 0.5) is 0 Å². The van der Waals surface area contributed by atoms with Gasteiger partial charge in [-0.1, -0.05) is 30.7 Å². The van der Waals surface area contributed by atoms with Gasteiger partial charge in [0.25, 0.3) is 5.91 Å². The minimum Gasteiger partial charge on any atom is -0.346 e. The number of carbonyl (C=O) groups is 1. The van der Waals surface area contributed by atoms with E-state index >= 15 is 0 Å². The Morgan fingerprint density at radius 1 is 1.22 bits per heavy atom. The molecule has 1 aromatic rings. The predicted octanol–water partition coefficient (Wildman–Crippen LogP) is -0.0718. The number of amides is 1. The summed E-state index contributed by atoms with van der Waals surface area (Å²) in [7, 11) is 0. The maximum Gasteiger partial charge on any atom is 0.275 e. The molecule has 0 unspecified atom stereocenters. The normalized spacial score (nSPS) is 21.9. The molecule has 0 atom stereocenters. The number of hydrogen-bond acceptors (Lipinski definition) is 1. The topological polar surface area (TPSA) is 38.0 Å². The van der Waals surface area contributed by atoms with Gasteiger partial charge in [0, 0.05) is 16.1 Å². The van der Waals surface area contributed by atoms with Crippen LogP contribution in [0.15, 0.2) is 24.3 Å². The summed E-state index contributed by atoms with van der Waals surface area (Å²) in [5.74, 6) is 0.171. The van der Waals surface area contributed by atoms with Crippen LogP contribution in [0.5, 0.6) is 0 Å². The number of rotatable bonds is 6. The molecule has 4 nitrogen and oxygen atoms in total. The highest BCUT2D eigenvalue weighted by Gasteiger charge is 2.26. The SMILES string of the molecule is CCC(C)(C)NC(=O)C[NH+]1CC[NH+](Cc2cccc(Cl)c2)CC1. The van der Waals surface area contributed by atoms with Crippen LogP contribution in [0.2, 0.25) is 5.02 Å². The first-order valence-corrected chi connectivity index (χ1v) is 8.98. The first-order valence-electron chi connectivity index (χ1n) is 8.60. The molecule has 0 radical (unpaired) electrons. The summed E-state index contributed by atoms with van der Waals surface area (Å²) < 4.78 is 0. The summed E-state index contributed by atoms with van der Waals surface area (Å²) in [6.45, 7) is 12.2. The molecule has 128 valence electrons. The summed E-state index contributed by atoms with van der Waals surface area (Å²) in [6, 6.07) is 8.11. The van der Waals surface area contributed by atoms with Gasteiger partial charge in [-0.3, -0.25) is 4.79 Å². The van der Waals surface area contributed by atoms with Crippen LogP contribution in [-0.2, 0) is 11.3 Å². The van der Waals surface area contributed by atoms with E-state index in [1.165, 1.54) is 10.5 Å². The zero-order valence-corrected chi connectivity index (χ0v) is 15.3. The lowest BCUT2D eigenvalue weighted by atomic mass is 10.0. The highest BCUT2D eigenvalue weighted by atomic mass is 35.5. The smallest absolute Gasteiger partial charge is 0.275 e. The molecule has 1 aliphatic heterocycles. The lowest BCUT2D eigenvalue weighted by molar-refractivity contribution is -1.02. The van der Waals surface area contributed by atoms with Gasteiger partial charge in [-0.25, -0.2) is 0 Å². The fourth-order valence-corrected chi connectivity index (χ4v) is 3.20. The van der Waals surface area contributed by atoms with Gasteiger partial charge < -0.3 is 15.1 Å². The van der Waals surface area contributed by atoms with E-state index in [0.717, 1.165) is 44.2 Å². The van der Waals surface area contributed by atoms with Crippen molar-refractivity contribution >= 4 is 17.5 Å². The van der Waals surface area contributed by atoms with Crippen LogP contribution >= 0.6 is 11.6 Å². The van der Waals surface area contributed by atoms with E-state index in [9.17, 15) is 4.79 Å². The van der Waals surface area contributed by atoms with Crippen LogP contribution < -0.4 is 15.1 Å². The Labute approximate surface area is 144 Å². The first-order chi connectivity index (χ1) is 10.9. The summed E-state index contributed by atoms with van der Waals surface area (Å²) in [5, 5.41) is 3.94. The quantitative estimate of drug-likeness (QED) is 0.667. The van der Waals surface area contributed by atoms with E-state index in [0.29, 0.717) is 6.54 Å². The Balaban J connectivity index is 1.74. The van der Waals surface area contributed by atoms with Gasteiger partial charge in [0.05, 0.1) is 0 Å². The Kier molecular flexibility index (Phi) is 6.45. The van der Waals surface area contributed by atoms with Crippen LogP contribution in [0, 0.1) is 0 Å². The molecule has 1 heterocycles. The molecule has 2 rings (SSSR count). The van der Waals surface area contributed by atoms with Gasteiger partial charge in [0.15, 0.2) is 6.54 Å². The molecule has 0 aromatic heterocycles. The maximum absolute atomic E-state index is 12.1. The van der Waals surface area contributed by atoms with E-state index in [1.807, 2.05) is 18.2 Å². The molecule has 1 aliphatic rings. The molecule has 5 heteroatoms. The zero-order valence-electron chi connectivity index (χ0n) is 14.5. The van der Waals surface area contributed by atoms with Crippen LogP contribution in [0.1, 0.15) is 32.8 Å². The Hall–Kier alpha value is -1.10. The van der Waals surface area contributed by atoms with E-state index < -0.39 is 0 Å². The van der Waals surface area contributed by atoms with Crippen molar-refractivity contribution in [3.63, 3.8) is 0 Å². The van der Waals surface area contributed by atoms with E-state index in [1.54, 1.807) is 4.90 Å². The minimum absolute atomic E-state index is 0.101. The number of nitrogens with one attached hydrogen (secondary N) is 3. The third-order valence-electron chi connectivity index (χ3n) is 4.78. The standard InChI is InChI=1S/C18H28ClN3O/c1-4-18(2,3)20-17(23)14-22-10-8-21(9-11-22)13-15-6-5-7-16(19)12-15/h5-7,12H,4,8-11,13-14H2,1-3H3,(H,20,23)/p+2. The highest BCUT2D eigenvalue weighted by Crippen LogP contribution is 2.09. The largest absolute Gasteiger partial charge is 0.346 e. The molecular weight excluding hydrogens is 310 g/mol. The second-order valence-electron chi connectivity index (χ2n) is 7.27. The summed E-state index contributed by atoms with van der Waals surface area (Å²) in [5.41, 5.74) is 1.19. The molecule has 0 bridgehead atoms. The van der Waals surface area contributed by atoms with Crippen molar-refractivity contribution in [1.29, 1.82) is 0 Å². The fraction of sp³-hybridized carbons (Fsp3) is 0.611. The lowest BCUT2D eigenvalue weighted by Gasteiger charge is -2.31. The predicted molar refractivity (Wildman–Crippen MR) is 93.9 cm³/mol. The van der Waals surface area contributed by atoms with E-state index in [2.05, 4.69) is 32.2 Å². The molecule has 0 saturated carbocycles. The molecule has 0 aliphatic carbocycles. The fourth-order valence-electron chi connectivity index (χ4n) is 2.98. The number of halogens is 1. The number of carbonyl (C=O) groups excluding carboxylic acids is 1. The Morgan fingerprint density at radius 3 is 2.48 bits per heavy atom. The van der Waals surface area contributed by atoms with Gasteiger partial charge in [0.1, 0.15) is 32.7 Å². The number of hydrogen-bond donors (Lipinski definition) is 3. The average Bonchev–Trinajstić information content (AvgIpc) is 2.49. The molecule has 1 saturated heterocycles. The second kappa shape index (κ2) is 8.13. The maximum atomic E-state index is 12.1. The zero-order chi connectivity index (χ0) is 16.9. The van der Waals surface area contributed by atoms with Gasteiger partial charge in [0.2, 0.25) is 0 Å². The minimum atomic E-state index is -0.101. The van der Waals surface area contributed by atoms with Gasteiger partial charge in [-0.15, -0.1) is 0 Å². The van der Waals surface area contributed by atoms with Crippen molar-refractivity contribution in [2.24, 2.45) is 0 Å². The van der Waals surface area contributed by atoms with Crippen molar-refractivity contribution in [3.8, 4) is 0 Å². The highest BCUT2D eigenvalue weighted by molar-refractivity contribution is 6.30. The monoisotopic (exact) mass is 339 g/mol. The molecule has 1 aromatic carbocycles. The Morgan fingerprint density at radius 2 is 1.87 bits per heavy atom. The second-order valence-corrected chi connectivity index (χ2v) is 7.71. The molecule has 1 fully saturated rings. The number of quaternary nitrogens is 2. The van der Waals surface area contributed by atoms with Crippen molar-refractivity contribution < 1.29 is 14.6 Å². The molecule has 3 N–H and O–H groups in total. The first kappa shape index (κ1) is 18.2. The van der Waals surface area contributed by atoms with E-state index in [-0.39, 0.29) is 11.4 Å². The van der Waals surface area contributed by atoms with Crippen molar-refractivity contribution in [2.75, 3.05) is 32.7 Å².